The maximum absolute atomic E-state index is 11.7. The zero-order valence-electron chi connectivity index (χ0n) is 13.7. The standard InChI is InChI=1S/C15H27N5O/c1-6-7-16-14-11(4)15(20-12(5)19-14)18-9-13(21)17-8-10(2)3/h10H,6-9H2,1-5H3,(H,17,21)(H2,16,18,19,20). The topological polar surface area (TPSA) is 78.9 Å². The molecule has 0 aliphatic carbocycles. The number of carbonyl (C=O) groups is 1. The van der Waals surface area contributed by atoms with E-state index in [-0.39, 0.29) is 12.5 Å². The van der Waals surface area contributed by atoms with Gasteiger partial charge in [-0.25, -0.2) is 9.97 Å². The Morgan fingerprint density at radius 2 is 1.76 bits per heavy atom. The lowest BCUT2D eigenvalue weighted by atomic mass is 10.2. The number of nitrogens with one attached hydrogen (secondary N) is 3. The number of anilines is 2. The quantitative estimate of drug-likeness (QED) is 0.684. The van der Waals surface area contributed by atoms with E-state index in [9.17, 15) is 4.79 Å². The van der Waals surface area contributed by atoms with Gasteiger partial charge in [0, 0.05) is 18.7 Å². The smallest absolute Gasteiger partial charge is 0.239 e. The Labute approximate surface area is 127 Å². The Kier molecular flexibility index (Phi) is 6.91. The number of amides is 1. The van der Waals surface area contributed by atoms with Crippen LogP contribution in [0.4, 0.5) is 11.6 Å². The van der Waals surface area contributed by atoms with E-state index in [0.717, 1.165) is 24.3 Å². The third-order valence-electron chi connectivity index (χ3n) is 2.92. The summed E-state index contributed by atoms with van der Waals surface area (Å²) in [4.78, 5) is 20.5. The van der Waals surface area contributed by atoms with Gasteiger partial charge in [-0.05, 0) is 26.2 Å². The van der Waals surface area contributed by atoms with E-state index in [1.54, 1.807) is 0 Å². The molecule has 1 amide bonds. The van der Waals surface area contributed by atoms with E-state index in [1.165, 1.54) is 0 Å². The van der Waals surface area contributed by atoms with Crippen molar-refractivity contribution in [1.29, 1.82) is 0 Å². The van der Waals surface area contributed by atoms with E-state index >= 15 is 0 Å². The second-order valence-corrected chi connectivity index (χ2v) is 5.57. The number of rotatable bonds is 8. The molecule has 118 valence electrons. The first kappa shape index (κ1) is 17.2. The van der Waals surface area contributed by atoms with Gasteiger partial charge < -0.3 is 16.0 Å². The van der Waals surface area contributed by atoms with E-state index < -0.39 is 0 Å². The minimum Gasteiger partial charge on any atom is -0.370 e. The van der Waals surface area contributed by atoms with Crippen LogP contribution < -0.4 is 16.0 Å². The predicted molar refractivity (Wildman–Crippen MR) is 86.6 cm³/mol. The molecule has 1 aromatic heterocycles. The Hall–Kier alpha value is -1.85. The molecule has 1 aromatic rings. The number of hydrogen-bond donors (Lipinski definition) is 3. The molecule has 6 heteroatoms. The third-order valence-corrected chi connectivity index (χ3v) is 2.92. The van der Waals surface area contributed by atoms with Gasteiger partial charge in [0.2, 0.25) is 5.91 Å². The van der Waals surface area contributed by atoms with Crippen LogP contribution in [0.2, 0.25) is 0 Å². The first-order chi connectivity index (χ1) is 9.93. The Balaban J connectivity index is 2.65. The van der Waals surface area contributed by atoms with Gasteiger partial charge in [-0.3, -0.25) is 4.79 Å². The first-order valence-corrected chi connectivity index (χ1v) is 7.53. The molecule has 0 aliphatic heterocycles. The molecule has 0 atom stereocenters. The maximum atomic E-state index is 11.7. The number of nitrogens with zero attached hydrogens (tertiary/aromatic N) is 2. The largest absolute Gasteiger partial charge is 0.370 e. The predicted octanol–water partition coefficient (Wildman–Crippen LogP) is 2.10. The van der Waals surface area contributed by atoms with Crippen molar-refractivity contribution in [2.45, 2.75) is 41.0 Å². The molecule has 3 N–H and O–H groups in total. The summed E-state index contributed by atoms with van der Waals surface area (Å²) in [6, 6.07) is 0. The van der Waals surface area contributed by atoms with Crippen LogP contribution in [0, 0.1) is 19.8 Å². The van der Waals surface area contributed by atoms with Crippen LogP contribution in [0.5, 0.6) is 0 Å². The van der Waals surface area contributed by atoms with Gasteiger partial charge >= 0.3 is 0 Å². The van der Waals surface area contributed by atoms with Crippen LogP contribution in [0.25, 0.3) is 0 Å². The third kappa shape index (κ3) is 5.97. The van der Waals surface area contributed by atoms with Gasteiger partial charge in [0.25, 0.3) is 0 Å². The van der Waals surface area contributed by atoms with Crippen LogP contribution in [0.15, 0.2) is 0 Å². The van der Waals surface area contributed by atoms with Crippen molar-refractivity contribution < 1.29 is 4.79 Å². The fraction of sp³-hybridized carbons (Fsp3) is 0.667. The van der Waals surface area contributed by atoms with Crippen LogP contribution in [0.1, 0.15) is 38.6 Å². The molecule has 1 heterocycles. The highest BCUT2D eigenvalue weighted by Gasteiger charge is 2.10. The lowest BCUT2D eigenvalue weighted by molar-refractivity contribution is -0.119. The molecule has 6 nitrogen and oxygen atoms in total. The number of aryl methyl sites for hydroxylation is 1. The summed E-state index contributed by atoms with van der Waals surface area (Å²) in [6.45, 7) is 11.8. The van der Waals surface area contributed by atoms with Gasteiger partial charge in [0.15, 0.2) is 0 Å². The zero-order chi connectivity index (χ0) is 15.8. The van der Waals surface area contributed by atoms with Crippen LogP contribution >= 0.6 is 0 Å². The zero-order valence-corrected chi connectivity index (χ0v) is 13.7. The molecule has 1 rings (SSSR count). The van der Waals surface area contributed by atoms with Crippen molar-refractivity contribution in [1.82, 2.24) is 15.3 Å². The summed E-state index contributed by atoms with van der Waals surface area (Å²) in [5.74, 6) is 2.64. The summed E-state index contributed by atoms with van der Waals surface area (Å²) >= 11 is 0. The average Bonchev–Trinajstić information content (AvgIpc) is 2.43. The Morgan fingerprint density at radius 1 is 1.14 bits per heavy atom. The van der Waals surface area contributed by atoms with Crippen molar-refractivity contribution >= 4 is 17.5 Å². The molecule has 0 aliphatic rings. The fourth-order valence-electron chi connectivity index (χ4n) is 1.76. The molecule has 0 bridgehead atoms. The van der Waals surface area contributed by atoms with E-state index in [2.05, 4.69) is 46.7 Å². The van der Waals surface area contributed by atoms with Gasteiger partial charge in [-0.1, -0.05) is 20.8 Å². The number of carbonyl (C=O) groups excluding carboxylic acids is 1. The lowest BCUT2D eigenvalue weighted by Crippen LogP contribution is -2.32. The second-order valence-electron chi connectivity index (χ2n) is 5.57. The van der Waals surface area contributed by atoms with Crippen LogP contribution in [-0.2, 0) is 4.79 Å². The highest BCUT2D eigenvalue weighted by atomic mass is 16.1. The number of hydrogen-bond acceptors (Lipinski definition) is 5. The van der Waals surface area contributed by atoms with Gasteiger partial charge in [-0.2, -0.15) is 0 Å². The Bertz CT molecular complexity index is 473. The highest BCUT2D eigenvalue weighted by molar-refractivity contribution is 5.80. The summed E-state index contributed by atoms with van der Waals surface area (Å²) in [7, 11) is 0. The minimum absolute atomic E-state index is 0.0255. The van der Waals surface area contributed by atoms with Crippen molar-refractivity contribution in [2.24, 2.45) is 5.92 Å². The maximum Gasteiger partial charge on any atom is 0.239 e. The lowest BCUT2D eigenvalue weighted by Gasteiger charge is -2.14. The van der Waals surface area contributed by atoms with Crippen molar-refractivity contribution in [3.8, 4) is 0 Å². The minimum atomic E-state index is -0.0255. The average molecular weight is 293 g/mol. The highest BCUT2D eigenvalue weighted by Crippen LogP contribution is 2.19. The molecule has 0 radical (unpaired) electrons. The summed E-state index contributed by atoms with van der Waals surface area (Å²) in [5, 5.41) is 9.25. The van der Waals surface area contributed by atoms with Crippen molar-refractivity contribution in [3.63, 3.8) is 0 Å². The van der Waals surface area contributed by atoms with Gasteiger partial charge in [0.05, 0.1) is 6.54 Å². The van der Waals surface area contributed by atoms with Crippen molar-refractivity contribution in [2.75, 3.05) is 30.3 Å². The van der Waals surface area contributed by atoms with Gasteiger partial charge in [0.1, 0.15) is 17.5 Å². The van der Waals surface area contributed by atoms with E-state index in [0.29, 0.717) is 24.1 Å². The molecule has 0 saturated carbocycles. The molecule has 0 fully saturated rings. The Morgan fingerprint density at radius 3 is 2.33 bits per heavy atom. The van der Waals surface area contributed by atoms with Crippen molar-refractivity contribution in [3.05, 3.63) is 11.4 Å². The summed E-state index contributed by atoms with van der Waals surface area (Å²) in [6.07, 6.45) is 1.03. The summed E-state index contributed by atoms with van der Waals surface area (Å²) < 4.78 is 0. The molecule has 0 unspecified atom stereocenters. The first-order valence-electron chi connectivity index (χ1n) is 7.53. The van der Waals surface area contributed by atoms with Crippen LogP contribution in [0.3, 0.4) is 0 Å². The molecule has 21 heavy (non-hydrogen) atoms. The molecule has 0 saturated heterocycles. The van der Waals surface area contributed by atoms with E-state index in [4.69, 9.17) is 0 Å². The number of aromatic nitrogens is 2. The van der Waals surface area contributed by atoms with Crippen LogP contribution in [-0.4, -0.2) is 35.5 Å². The SMILES string of the molecule is CCCNc1nc(C)nc(NCC(=O)NCC(C)C)c1C. The fourth-order valence-corrected chi connectivity index (χ4v) is 1.76. The van der Waals surface area contributed by atoms with E-state index in [1.807, 2.05) is 13.8 Å². The molecule has 0 aromatic carbocycles. The molecular formula is C15H27N5O. The van der Waals surface area contributed by atoms with Gasteiger partial charge in [-0.15, -0.1) is 0 Å². The normalized spacial score (nSPS) is 10.6. The monoisotopic (exact) mass is 293 g/mol. The second kappa shape index (κ2) is 8.44. The molecular weight excluding hydrogens is 266 g/mol. The molecule has 0 spiro atoms. The summed E-state index contributed by atoms with van der Waals surface area (Å²) in [5.41, 5.74) is 0.936.